The lowest BCUT2D eigenvalue weighted by molar-refractivity contribution is -0.136. The zero-order valence-electron chi connectivity index (χ0n) is 14.6. The molecule has 3 fully saturated rings. The first kappa shape index (κ1) is 17.1. The van der Waals surface area contributed by atoms with Crippen LogP contribution in [0, 0.1) is 5.92 Å². The first-order chi connectivity index (χ1) is 11.1. The van der Waals surface area contributed by atoms with Crippen molar-refractivity contribution >= 4 is 5.91 Å². The van der Waals surface area contributed by atoms with Crippen molar-refractivity contribution in [3.05, 3.63) is 0 Å². The molecule has 3 aliphatic heterocycles. The van der Waals surface area contributed by atoms with Crippen molar-refractivity contribution in [2.75, 3.05) is 59.4 Å². The highest BCUT2D eigenvalue weighted by Crippen LogP contribution is 2.21. The van der Waals surface area contributed by atoms with E-state index in [9.17, 15) is 4.79 Å². The quantitative estimate of drug-likeness (QED) is 0.592. The molecule has 23 heavy (non-hydrogen) atoms. The fourth-order valence-electron chi connectivity index (χ4n) is 4.21. The Kier molecular flexibility index (Phi) is 5.91. The van der Waals surface area contributed by atoms with Crippen LogP contribution in [0.1, 0.15) is 32.1 Å². The minimum Gasteiger partial charge on any atom is -0.306 e. The summed E-state index contributed by atoms with van der Waals surface area (Å²) in [5, 5.41) is 1.38. The van der Waals surface area contributed by atoms with Crippen LogP contribution < -0.4 is 5.84 Å². The van der Waals surface area contributed by atoms with Gasteiger partial charge in [-0.1, -0.05) is 0 Å². The zero-order chi connectivity index (χ0) is 16.2. The number of nitrogens with zero attached hydrogens (tertiary/aromatic N) is 4. The summed E-state index contributed by atoms with van der Waals surface area (Å²) in [7, 11) is 2.23. The van der Waals surface area contributed by atoms with Gasteiger partial charge in [0.1, 0.15) is 0 Å². The van der Waals surface area contributed by atoms with E-state index in [2.05, 4.69) is 21.7 Å². The van der Waals surface area contributed by atoms with Crippen LogP contribution in [-0.4, -0.2) is 91.1 Å². The number of piperidine rings is 2. The maximum absolute atomic E-state index is 11.8. The molecule has 1 unspecified atom stereocenters. The molecule has 1 amide bonds. The van der Waals surface area contributed by atoms with Gasteiger partial charge in [-0.05, 0) is 58.3 Å². The Bertz CT molecular complexity index is 388. The van der Waals surface area contributed by atoms with Gasteiger partial charge in [0.2, 0.25) is 5.91 Å². The van der Waals surface area contributed by atoms with E-state index in [0.29, 0.717) is 19.0 Å². The smallest absolute Gasteiger partial charge is 0.238 e. The summed E-state index contributed by atoms with van der Waals surface area (Å²) in [6.07, 6.45) is 5.73. The molecule has 0 aromatic rings. The number of nitrogens with two attached hydrogens (primary N) is 1. The molecule has 0 radical (unpaired) electrons. The highest BCUT2D eigenvalue weighted by Gasteiger charge is 2.30. The van der Waals surface area contributed by atoms with Crippen LogP contribution in [0.3, 0.4) is 0 Å². The summed E-state index contributed by atoms with van der Waals surface area (Å²) in [6, 6.07) is 0.415. The number of likely N-dealkylation sites (tertiary alicyclic amines) is 1. The van der Waals surface area contributed by atoms with Crippen molar-refractivity contribution in [2.45, 2.75) is 38.1 Å². The van der Waals surface area contributed by atoms with Gasteiger partial charge >= 0.3 is 0 Å². The lowest BCUT2D eigenvalue weighted by Crippen LogP contribution is -2.55. The molecular formula is C17H33N5O. The molecule has 0 aromatic heterocycles. The van der Waals surface area contributed by atoms with E-state index in [4.69, 9.17) is 5.84 Å². The topological polar surface area (TPSA) is 56.1 Å². The Morgan fingerprint density at radius 3 is 2.35 bits per heavy atom. The fraction of sp³-hybridized carbons (Fsp3) is 0.941. The number of amides is 1. The van der Waals surface area contributed by atoms with Gasteiger partial charge in [-0.2, -0.15) is 0 Å². The summed E-state index contributed by atoms with van der Waals surface area (Å²) in [5.74, 6) is 6.69. The Hall–Kier alpha value is -0.690. The van der Waals surface area contributed by atoms with E-state index in [1.165, 1.54) is 43.9 Å². The second-order valence-electron chi connectivity index (χ2n) is 7.65. The molecule has 6 heteroatoms. The monoisotopic (exact) mass is 323 g/mol. The Labute approximate surface area is 140 Å². The molecule has 1 atom stereocenters. The normalized spacial score (nSPS) is 30.1. The summed E-state index contributed by atoms with van der Waals surface area (Å²) >= 11 is 0. The maximum atomic E-state index is 11.8. The third-order valence-corrected chi connectivity index (χ3v) is 6.05. The fourth-order valence-corrected chi connectivity index (χ4v) is 4.21. The van der Waals surface area contributed by atoms with Gasteiger partial charge < -0.3 is 9.80 Å². The number of rotatable bonds is 4. The highest BCUT2D eigenvalue weighted by molar-refractivity contribution is 5.76. The third kappa shape index (κ3) is 4.66. The Morgan fingerprint density at radius 2 is 1.70 bits per heavy atom. The molecular weight excluding hydrogens is 290 g/mol. The lowest BCUT2D eigenvalue weighted by atomic mass is 9.93. The van der Waals surface area contributed by atoms with E-state index in [0.717, 1.165) is 38.5 Å². The van der Waals surface area contributed by atoms with Crippen molar-refractivity contribution in [1.82, 2.24) is 19.7 Å². The number of hydrogen-bond donors (Lipinski definition) is 1. The van der Waals surface area contributed by atoms with Crippen molar-refractivity contribution in [1.29, 1.82) is 0 Å². The highest BCUT2D eigenvalue weighted by atomic mass is 16.2. The number of carbonyl (C=O) groups excluding carboxylic acids is 1. The van der Waals surface area contributed by atoms with Gasteiger partial charge in [0.05, 0.1) is 0 Å². The van der Waals surface area contributed by atoms with E-state index in [1.807, 2.05) is 0 Å². The van der Waals surface area contributed by atoms with Crippen LogP contribution in [0.5, 0.6) is 0 Å². The molecule has 0 aliphatic carbocycles. The summed E-state index contributed by atoms with van der Waals surface area (Å²) < 4.78 is 0. The molecule has 0 aromatic carbocycles. The van der Waals surface area contributed by atoms with E-state index in [-0.39, 0.29) is 5.91 Å². The predicted molar refractivity (Wildman–Crippen MR) is 91.8 cm³/mol. The van der Waals surface area contributed by atoms with Crippen LogP contribution in [0.4, 0.5) is 0 Å². The first-order valence-corrected chi connectivity index (χ1v) is 9.32. The Morgan fingerprint density at radius 1 is 1.00 bits per heavy atom. The third-order valence-electron chi connectivity index (χ3n) is 6.05. The van der Waals surface area contributed by atoms with Gasteiger partial charge in [0.15, 0.2) is 0 Å². The maximum Gasteiger partial charge on any atom is 0.238 e. The lowest BCUT2D eigenvalue weighted by Gasteiger charge is -2.42. The molecule has 132 valence electrons. The van der Waals surface area contributed by atoms with Crippen LogP contribution in [0.25, 0.3) is 0 Å². The largest absolute Gasteiger partial charge is 0.306 e. The minimum absolute atomic E-state index is 0.103. The summed E-state index contributed by atoms with van der Waals surface area (Å²) in [5.41, 5.74) is 0. The number of hydrogen-bond acceptors (Lipinski definition) is 5. The predicted octanol–water partition coefficient (Wildman–Crippen LogP) is 0.201. The van der Waals surface area contributed by atoms with Gasteiger partial charge in [-0.15, -0.1) is 0 Å². The van der Waals surface area contributed by atoms with E-state index < -0.39 is 0 Å². The molecule has 2 N–H and O–H groups in total. The van der Waals surface area contributed by atoms with E-state index in [1.54, 1.807) is 0 Å². The number of piperazine rings is 1. The first-order valence-electron chi connectivity index (χ1n) is 9.32. The minimum atomic E-state index is 0.103. The number of carbonyl (C=O) groups is 1. The second-order valence-corrected chi connectivity index (χ2v) is 7.65. The van der Waals surface area contributed by atoms with Crippen LogP contribution in [0.15, 0.2) is 0 Å². The molecule has 6 nitrogen and oxygen atoms in total. The standard InChI is InChI=1S/C17H33N5O/c1-19-6-2-15(3-7-19)4-8-20-10-12-21(13-11-20)16-5-9-22(18)17(23)14-16/h15-16H,2-14,18H2,1H3. The molecule has 0 bridgehead atoms. The van der Waals surface area contributed by atoms with Gasteiger partial charge in [0, 0.05) is 45.2 Å². The average Bonchev–Trinajstić information content (AvgIpc) is 2.57. The van der Waals surface area contributed by atoms with Crippen molar-refractivity contribution < 1.29 is 4.79 Å². The van der Waals surface area contributed by atoms with Gasteiger partial charge in [-0.3, -0.25) is 14.7 Å². The molecule has 3 saturated heterocycles. The van der Waals surface area contributed by atoms with Crippen LogP contribution in [-0.2, 0) is 4.79 Å². The summed E-state index contributed by atoms with van der Waals surface area (Å²) in [4.78, 5) is 19.4. The van der Waals surface area contributed by atoms with Gasteiger partial charge in [-0.25, -0.2) is 5.84 Å². The number of hydrazine groups is 1. The second kappa shape index (κ2) is 7.92. The zero-order valence-corrected chi connectivity index (χ0v) is 14.6. The van der Waals surface area contributed by atoms with E-state index >= 15 is 0 Å². The van der Waals surface area contributed by atoms with Crippen molar-refractivity contribution in [3.8, 4) is 0 Å². The molecule has 3 rings (SSSR count). The van der Waals surface area contributed by atoms with Crippen LogP contribution in [0.2, 0.25) is 0 Å². The molecule has 0 spiro atoms. The van der Waals surface area contributed by atoms with Gasteiger partial charge in [0.25, 0.3) is 0 Å². The van der Waals surface area contributed by atoms with Crippen LogP contribution >= 0.6 is 0 Å². The molecule has 0 saturated carbocycles. The molecule has 3 aliphatic rings. The SMILES string of the molecule is CN1CCC(CCN2CCN(C3CCN(N)C(=O)C3)CC2)CC1. The van der Waals surface area contributed by atoms with Crippen molar-refractivity contribution in [3.63, 3.8) is 0 Å². The molecule has 3 heterocycles. The van der Waals surface area contributed by atoms with Crippen molar-refractivity contribution in [2.24, 2.45) is 11.8 Å². The average molecular weight is 323 g/mol. The summed E-state index contributed by atoms with van der Waals surface area (Å²) in [6.45, 7) is 9.03. The Balaban J connectivity index is 1.35.